The van der Waals surface area contributed by atoms with E-state index in [0.717, 1.165) is 31.2 Å². The minimum Gasteiger partial charge on any atom is -0.353 e. The Labute approximate surface area is 158 Å². The zero-order valence-electron chi connectivity index (χ0n) is 15.7. The molecule has 2 fully saturated rings. The van der Waals surface area contributed by atoms with Gasteiger partial charge in [0, 0.05) is 41.8 Å². The Morgan fingerprint density at radius 1 is 1.15 bits per heavy atom. The summed E-state index contributed by atoms with van der Waals surface area (Å²) in [6.45, 7) is 2.06. The number of nitrogens with one attached hydrogen (secondary N) is 2. The van der Waals surface area contributed by atoms with Crippen LogP contribution in [0.3, 0.4) is 0 Å². The number of hydrogen-bond acceptors (Lipinski definition) is 2. The van der Waals surface area contributed by atoms with Crippen molar-refractivity contribution in [2.45, 2.75) is 76.2 Å². The van der Waals surface area contributed by atoms with Gasteiger partial charge in [-0.3, -0.25) is 9.89 Å². The molecule has 1 heterocycles. The van der Waals surface area contributed by atoms with Gasteiger partial charge in [-0.15, -0.1) is 0 Å². The van der Waals surface area contributed by atoms with Crippen LogP contribution in [-0.4, -0.2) is 28.1 Å². The largest absolute Gasteiger partial charge is 0.353 e. The van der Waals surface area contributed by atoms with E-state index in [1.807, 2.05) is 0 Å². The molecule has 0 atom stereocenters. The van der Waals surface area contributed by atoms with E-state index in [9.17, 15) is 13.6 Å². The van der Waals surface area contributed by atoms with Gasteiger partial charge in [0.05, 0.1) is 5.52 Å². The third-order valence-corrected chi connectivity index (χ3v) is 6.31. The highest BCUT2D eigenvalue weighted by Gasteiger charge is 2.36. The van der Waals surface area contributed by atoms with Crippen molar-refractivity contribution in [3.05, 3.63) is 29.5 Å². The van der Waals surface area contributed by atoms with Crippen LogP contribution >= 0.6 is 0 Å². The summed E-state index contributed by atoms with van der Waals surface area (Å²) in [5, 5.41) is 11.8. The van der Waals surface area contributed by atoms with E-state index in [1.54, 1.807) is 0 Å². The summed E-state index contributed by atoms with van der Waals surface area (Å²) in [5.41, 5.74) is 3.37. The molecule has 2 N–H and O–H groups in total. The highest BCUT2D eigenvalue weighted by Crippen LogP contribution is 2.38. The molecule has 0 unspecified atom stereocenters. The Morgan fingerprint density at radius 2 is 1.85 bits per heavy atom. The van der Waals surface area contributed by atoms with Crippen LogP contribution in [0.1, 0.15) is 68.5 Å². The summed E-state index contributed by atoms with van der Waals surface area (Å²) < 4.78 is 26.5. The number of hydrogen-bond donors (Lipinski definition) is 2. The average molecular weight is 375 g/mol. The Morgan fingerprint density at radius 3 is 2.56 bits per heavy atom. The second-order valence-electron chi connectivity index (χ2n) is 8.35. The summed E-state index contributed by atoms with van der Waals surface area (Å²) in [4.78, 5) is 12.6. The number of amides is 1. The number of halogens is 2. The fourth-order valence-corrected chi connectivity index (χ4v) is 4.60. The third kappa shape index (κ3) is 3.99. The van der Waals surface area contributed by atoms with Crippen molar-refractivity contribution in [2.24, 2.45) is 5.92 Å². The normalized spacial score (nSPS) is 26.2. The minimum absolute atomic E-state index is 0.000108. The molecular formula is C21H27F2N3O. The van der Waals surface area contributed by atoms with Crippen molar-refractivity contribution in [1.82, 2.24) is 15.5 Å². The number of aryl methyl sites for hydroxylation is 1. The molecule has 1 amide bonds. The summed E-state index contributed by atoms with van der Waals surface area (Å²) in [6.07, 6.45) is 4.12. The van der Waals surface area contributed by atoms with Gasteiger partial charge < -0.3 is 5.32 Å². The molecule has 6 heteroatoms. The van der Waals surface area contributed by atoms with E-state index >= 15 is 0 Å². The smallest absolute Gasteiger partial charge is 0.248 e. The quantitative estimate of drug-likeness (QED) is 0.806. The van der Waals surface area contributed by atoms with Crippen LogP contribution in [0, 0.1) is 12.8 Å². The molecule has 0 radical (unpaired) electrons. The number of aromatic nitrogens is 2. The van der Waals surface area contributed by atoms with Gasteiger partial charge in [-0.25, -0.2) is 8.78 Å². The molecule has 0 aliphatic heterocycles. The number of benzene rings is 1. The van der Waals surface area contributed by atoms with Crippen molar-refractivity contribution in [3.63, 3.8) is 0 Å². The number of carbonyl (C=O) groups is 1. The Bertz CT molecular complexity index is 814. The highest BCUT2D eigenvalue weighted by molar-refractivity contribution is 5.82. The molecule has 0 spiro atoms. The van der Waals surface area contributed by atoms with Crippen molar-refractivity contribution in [1.29, 1.82) is 0 Å². The van der Waals surface area contributed by atoms with Crippen molar-refractivity contribution in [2.75, 3.05) is 0 Å². The van der Waals surface area contributed by atoms with Gasteiger partial charge in [-0.05, 0) is 57.1 Å². The molecule has 2 saturated carbocycles. The lowest BCUT2D eigenvalue weighted by Crippen LogP contribution is -2.43. The number of nitrogens with zero attached hydrogens (tertiary/aromatic N) is 1. The molecular weight excluding hydrogens is 348 g/mol. The minimum atomic E-state index is -2.55. The van der Waals surface area contributed by atoms with E-state index in [0.29, 0.717) is 18.8 Å². The molecule has 2 aliphatic carbocycles. The van der Waals surface area contributed by atoms with Crippen LogP contribution in [0.15, 0.2) is 18.2 Å². The van der Waals surface area contributed by atoms with Gasteiger partial charge in [0.2, 0.25) is 11.8 Å². The maximum absolute atomic E-state index is 13.3. The standard InChI is InChI=1S/C21H27F2N3O/c1-13-2-7-17-18(12-13)25-26-19(17)14-3-5-15(6-4-14)20(27)24-16-8-10-21(22,23)11-9-16/h2,7,12,14-16H,3-6,8-11H2,1H3,(H,24,27)(H,25,26). The first-order valence-electron chi connectivity index (χ1n) is 10.0. The van der Waals surface area contributed by atoms with Crippen molar-refractivity contribution >= 4 is 16.8 Å². The van der Waals surface area contributed by atoms with Crippen molar-refractivity contribution in [3.8, 4) is 0 Å². The molecule has 146 valence electrons. The first kappa shape index (κ1) is 18.4. The number of fused-ring (bicyclic) bond motifs is 1. The summed E-state index contributed by atoms with van der Waals surface area (Å²) in [7, 11) is 0. The molecule has 4 nitrogen and oxygen atoms in total. The number of aromatic amines is 1. The van der Waals surface area contributed by atoms with Gasteiger partial charge in [-0.1, -0.05) is 12.1 Å². The number of carbonyl (C=O) groups excluding carboxylic acids is 1. The third-order valence-electron chi connectivity index (χ3n) is 6.31. The van der Waals surface area contributed by atoms with Crippen molar-refractivity contribution < 1.29 is 13.6 Å². The zero-order chi connectivity index (χ0) is 19.0. The molecule has 4 rings (SSSR count). The molecule has 0 saturated heterocycles. The van der Waals surface area contributed by atoms with Gasteiger partial charge in [0.25, 0.3) is 0 Å². The van der Waals surface area contributed by atoms with E-state index in [1.165, 1.54) is 16.6 Å². The Hall–Kier alpha value is -1.98. The molecule has 27 heavy (non-hydrogen) atoms. The monoisotopic (exact) mass is 375 g/mol. The summed E-state index contributed by atoms with van der Waals surface area (Å²) in [5.74, 6) is -2.10. The first-order chi connectivity index (χ1) is 12.9. The molecule has 2 aromatic rings. The predicted molar refractivity (Wildman–Crippen MR) is 101 cm³/mol. The fraction of sp³-hybridized carbons (Fsp3) is 0.619. The van der Waals surface area contributed by atoms with Crippen LogP contribution in [0.5, 0.6) is 0 Å². The van der Waals surface area contributed by atoms with E-state index in [4.69, 9.17) is 0 Å². The van der Waals surface area contributed by atoms with Crippen LogP contribution in [0.25, 0.3) is 10.9 Å². The zero-order valence-corrected chi connectivity index (χ0v) is 15.7. The van der Waals surface area contributed by atoms with E-state index in [2.05, 4.69) is 40.6 Å². The molecule has 2 aliphatic rings. The number of rotatable bonds is 3. The summed E-state index contributed by atoms with van der Waals surface area (Å²) in [6, 6.07) is 6.23. The van der Waals surface area contributed by atoms with E-state index in [-0.39, 0.29) is 30.7 Å². The SMILES string of the molecule is Cc1ccc2c(C3CCC(C(=O)NC4CCC(F)(F)CC4)CC3)[nH]nc2c1. The lowest BCUT2D eigenvalue weighted by atomic mass is 9.79. The maximum atomic E-state index is 13.3. The Balaban J connectivity index is 1.32. The first-order valence-corrected chi connectivity index (χ1v) is 10.0. The summed E-state index contributed by atoms with van der Waals surface area (Å²) >= 11 is 0. The lowest BCUT2D eigenvalue weighted by molar-refractivity contribution is -0.127. The van der Waals surface area contributed by atoms with Crippen LogP contribution in [-0.2, 0) is 4.79 Å². The Kier molecular flexibility index (Phi) is 4.91. The topological polar surface area (TPSA) is 57.8 Å². The maximum Gasteiger partial charge on any atom is 0.248 e. The number of H-pyrrole nitrogens is 1. The van der Waals surface area contributed by atoms with Gasteiger partial charge in [-0.2, -0.15) is 5.10 Å². The average Bonchev–Trinajstić information content (AvgIpc) is 3.06. The van der Waals surface area contributed by atoms with E-state index < -0.39 is 5.92 Å². The van der Waals surface area contributed by atoms with Gasteiger partial charge in [0.15, 0.2) is 0 Å². The highest BCUT2D eigenvalue weighted by atomic mass is 19.3. The van der Waals surface area contributed by atoms with Crippen LogP contribution in [0.2, 0.25) is 0 Å². The molecule has 1 aromatic heterocycles. The van der Waals surface area contributed by atoms with Crippen LogP contribution < -0.4 is 5.32 Å². The second kappa shape index (κ2) is 7.21. The number of alkyl halides is 2. The molecule has 0 bridgehead atoms. The van der Waals surface area contributed by atoms with Crippen LogP contribution in [0.4, 0.5) is 8.78 Å². The van der Waals surface area contributed by atoms with Gasteiger partial charge in [0.1, 0.15) is 0 Å². The fourth-order valence-electron chi connectivity index (χ4n) is 4.60. The predicted octanol–water partition coefficient (Wildman–Crippen LogP) is 4.84. The molecule has 1 aromatic carbocycles. The van der Waals surface area contributed by atoms with Gasteiger partial charge >= 0.3 is 0 Å². The lowest BCUT2D eigenvalue weighted by Gasteiger charge is -2.32. The second-order valence-corrected chi connectivity index (χ2v) is 8.35.